The Kier molecular flexibility index (Phi) is 6.46. The molecule has 8 nitrogen and oxygen atoms in total. The van der Waals surface area contributed by atoms with Crippen LogP contribution < -0.4 is 9.47 Å². The summed E-state index contributed by atoms with van der Waals surface area (Å²) in [6, 6.07) is 10.6. The van der Waals surface area contributed by atoms with Gasteiger partial charge in [0.15, 0.2) is 23.1 Å². The van der Waals surface area contributed by atoms with Crippen molar-refractivity contribution in [2.45, 2.75) is 13.8 Å². The van der Waals surface area contributed by atoms with Gasteiger partial charge in [0.05, 0.1) is 13.2 Å². The van der Waals surface area contributed by atoms with Crippen molar-refractivity contribution in [2.24, 2.45) is 5.92 Å². The molecule has 0 spiro atoms. The Labute approximate surface area is 172 Å². The number of esters is 2. The first-order valence-electron chi connectivity index (χ1n) is 9.38. The maximum absolute atomic E-state index is 13.1. The van der Waals surface area contributed by atoms with Gasteiger partial charge in [-0.15, -0.1) is 0 Å². The Balaban J connectivity index is 1.98. The molecule has 0 amide bonds. The molecule has 3 rings (SSSR count). The molecule has 0 saturated heterocycles. The monoisotopic (exact) mass is 412 g/mol. The molecular formula is C22H20O8. The van der Waals surface area contributed by atoms with E-state index < -0.39 is 29.4 Å². The van der Waals surface area contributed by atoms with Crippen LogP contribution in [0.2, 0.25) is 0 Å². The second kappa shape index (κ2) is 9.21. The van der Waals surface area contributed by atoms with Crippen LogP contribution in [0.5, 0.6) is 11.5 Å². The number of benzene rings is 2. The average Bonchev–Trinajstić information content (AvgIpc) is 3.21. The Morgan fingerprint density at radius 2 is 1.47 bits per heavy atom. The molecule has 0 aliphatic carbocycles. The number of carbonyl (C=O) groups excluding carboxylic acids is 4. The summed E-state index contributed by atoms with van der Waals surface area (Å²) in [7, 11) is 0. The van der Waals surface area contributed by atoms with Crippen molar-refractivity contribution in [1.82, 2.24) is 0 Å². The molecule has 0 N–H and O–H groups in total. The van der Waals surface area contributed by atoms with Gasteiger partial charge in [-0.1, -0.05) is 24.3 Å². The smallest absolute Gasteiger partial charge is 0.328 e. The molecule has 30 heavy (non-hydrogen) atoms. The lowest BCUT2D eigenvalue weighted by molar-refractivity contribution is -0.158. The summed E-state index contributed by atoms with van der Waals surface area (Å²) < 4.78 is 20.3. The molecule has 0 unspecified atom stereocenters. The van der Waals surface area contributed by atoms with Crippen molar-refractivity contribution in [3.8, 4) is 11.5 Å². The van der Waals surface area contributed by atoms with Gasteiger partial charge in [0.1, 0.15) is 0 Å². The summed E-state index contributed by atoms with van der Waals surface area (Å²) in [5.74, 6) is -4.25. The van der Waals surface area contributed by atoms with Crippen LogP contribution in [0.4, 0.5) is 0 Å². The van der Waals surface area contributed by atoms with E-state index in [4.69, 9.17) is 18.9 Å². The van der Waals surface area contributed by atoms with Crippen molar-refractivity contribution in [2.75, 3.05) is 20.0 Å². The highest BCUT2D eigenvalue weighted by atomic mass is 16.7. The standard InChI is InChI=1S/C22H20O8/c1-3-27-21(25)18(22(26)28-4-2)20(24)15-8-6-5-7-14(15)19(23)13-9-10-16-17(11-13)30-12-29-16/h5-11,18H,3-4,12H2,1-2H3. The van der Waals surface area contributed by atoms with Crippen LogP contribution in [0.25, 0.3) is 0 Å². The van der Waals surface area contributed by atoms with Crippen molar-refractivity contribution >= 4 is 23.5 Å². The number of carbonyl (C=O) groups is 4. The molecule has 0 fully saturated rings. The second-order valence-corrected chi connectivity index (χ2v) is 6.24. The quantitative estimate of drug-likeness (QED) is 0.370. The fourth-order valence-corrected chi connectivity index (χ4v) is 3.01. The lowest BCUT2D eigenvalue weighted by atomic mass is 9.90. The van der Waals surface area contributed by atoms with Gasteiger partial charge in [-0.05, 0) is 32.0 Å². The van der Waals surface area contributed by atoms with Crippen molar-refractivity contribution < 1.29 is 38.1 Å². The third-order valence-electron chi connectivity index (χ3n) is 4.38. The number of ketones is 2. The van der Waals surface area contributed by atoms with E-state index in [0.29, 0.717) is 11.5 Å². The van der Waals surface area contributed by atoms with Crippen molar-refractivity contribution in [1.29, 1.82) is 0 Å². The highest BCUT2D eigenvalue weighted by molar-refractivity contribution is 6.25. The minimum atomic E-state index is -1.81. The van der Waals surface area contributed by atoms with E-state index in [1.54, 1.807) is 32.0 Å². The van der Waals surface area contributed by atoms with Crippen molar-refractivity contribution in [3.63, 3.8) is 0 Å². The first kappa shape index (κ1) is 21.0. The van der Waals surface area contributed by atoms with E-state index in [2.05, 4.69) is 0 Å². The molecule has 2 aromatic carbocycles. The van der Waals surface area contributed by atoms with Gasteiger partial charge >= 0.3 is 11.9 Å². The zero-order chi connectivity index (χ0) is 21.7. The fraction of sp³-hybridized carbons (Fsp3) is 0.273. The topological polar surface area (TPSA) is 105 Å². The van der Waals surface area contributed by atoms with Crippen LogP contribution in [-0.4, -0.2) is 43.5 Å². The van der Waals surface area contributed by atoms with Gasteiger partial charge in [-0.3, -0.25) is 19.2 Å². The molecule has 2 aromatic rings. The second-order valence-electron chi connectivity index (χ2n) is 6.24. The highest BCUT2D eigenvalue weighted by Crippen LogP contribution is 2.33. The minimum absolute atomic E-state index is 0.0141. The first-order chi connectivity index (χ1) is 14.5. The Hall–Kier alpha value is -3.68. The molecule has 156 valence electrons. The van der Waals surface area contributed by atoms with Crippen LogP contribution in [0.3, 0.4) is 0 Å². The zero-order valence-electron chi connectivity index (χ0n) is 16.5. The van der Waals surface area contributed by atoms with E-state index in [-0.39, 0.29) is 36.7 Å². The van der Waals surface area contributed by atoms with Crippen LogP contribution >= 0.6 is 0 Å². The van der Waals surface area contributed by atoms with Gasteiger partial charge < -0.3 is 18.9 Å². The van der Waals surface area contributed by atoms with Crippen LogP contribution in [0.15, 0.2) is 42.5 Å². The Bertz CT molecular complexity index is 976. The fourth-order valence-electron chi connectivity index (χ4n) is 3.01. The van der Waals surface area contributed by atoms with Crippen LogP contribution in [-0.2, 0) is 19.1 Å². The third-order valence-corrected chi connectivity index (χ3v) is 4.38. The highest BCUT2D eigenvalue weighted by Gasteiger charge is 2.39. The van der Waals surface area contributed by atoms with E-state index in [1.165, 1.54) is 24.3 Å². The zero-order valence-corrected chi connectivity index (χ0v) is 16.5. The molecule has 0 radical (unpaired) electrons. The Morgan fingerprint density at radius 3 is 2.10 bits per heavy atom. The molecule has 0 bridgehead atoms. The summed E-state index contributed by atoms with van der Waals surface area (Å²) in [4.78, 5) is 50.8. The number of hydrogen-bond acceptors (Lipinski definition) is 8. The lowest BCUT2D eigenvalue weighted by Gasteiger charge is -2.15. The summed E-state index contributed by atoms with van der Waals surface area (Å²) in [5.41, 5.74) is 0.231. The summed E-state index contributed by atoms with van der Waals surface area (Å²) in [6.07, 6.45) is 0. The molecule has 8 heteroatoms. The molecule has 0 atom stereocenters. The molecule has 0 aromatic heterocycles. The Morgan fingerprint density at radius 1 is 0.867 bits per heavy atom. The third kappa shape index (κ3) is 4.17. The van der Waals surface area contributed by atoms with E-state index in [0.717, 1.165) is 0 Å². The molecule has 0 saturated carbocycles. The summed E-state index contributed by atoms with van der Waals surface area (Å²) >= 11 is 0. The maximum atomic E-state index is 13.1. The number of ether oxygens (including phenoxy) is 4. The number of fused-ring (bicyclic) bond motifs is 1. The molecular weight excluding hydrogens is 392 g/mol. The SMILES string of the molecule is CCOC(=O)C(C(=O)OCC)C(=O)c1ccccc1C(=O)c1ccc2c(c1)OCO2. The normalized spacial score (nSPS) is 11.8. The predicted octanol–water partition coefficient (Wildman–Crippen LogP) is 2.57. The van der Waals surface area contributed by atoms with E-state index >= 15 is 0 Å². The molecule has 1 aliphatic heterocycles. The predicted molar refractivity (Wildman–Crippen MR) is 104 cm³/mol. The number of rotatable bonds is 8. The van der Waals surface area contributed by atoms with Gasteiger partial charge in [0, 0.05) is 16.7 Å². The summed E-state index contributed by atoms with van der Waals surface area (Å²) in [6.45, 7) is 3.14. The van der Waals surface area contributed by atoms with Crippen molar-refractivity contribution in [3.05, 3.63) is 59.2 Å². The molecule has 1 aliphatic rings. The average molecular weight is 412 g/mol. The van der Waals surface area contributed by atoms with Gasteiger partial charge in [-0.25, -0.2) is 0 Å². The molecule has 1 heterocycles. The largest absolute Gasteiger partial charge is 0.465 e. The number of hydrogen-bond donors (Lipinski definition) is 0. The minimum Gasteiger partial charge on any atom is -0.465 e. The van der Waals surface area contributed by atoms with Gasteiger partial charge in [0.25, 0.3) is 0 Å². The summed E-state index contributed by atoms with van der Waals surface area (Å²) in [5, 5.41) is 0. The van der Waals surface area contributed by atoms with Crippen LogP contribution in [0.1, 0.15) is 40.1 Å². The van der Waals surface area contributed by atoms with Gasteiger partial charge in [-0.2, -0.15) is 0 Å². The van der Waals surface area contributed by atoms with E-state index in [1.807, 2.05) is 0 Å². The first-order valence-corrected chi connectivity index (χ1v) is 9.38. The lowest BCUT2D eigenvalue weighted by Crippen LogP contribution is -2.35. The number of Topliss-reactive ketones (excluding diaryl/α,β-unsaturated/α-hetero) is 1. The van der Waals surface area contributed by atoms with Crippen LogP contribution in [0, 0.1) is 5.92 Å². The van der Waals surface area contributed by atoms with E-state index in [9.17, 15) is 19.2 Å². The maximum Gasteiger partial charge on any atom is 0.328 e. The van der Waals surface area contributed by atoms with Gasteiger partial charge in [0.2, 0.25) is 12.7 Å².